The van der Waals surface area contributed by atoms with E-state index in [0.717, 1.165) is 18.6 Å². The van der Waals surface area contributed by atoms with Crippen molar-refractivity contribution in [2.75, 3.05) is 25.1 Å². The van der Waals surface area contributed by atoms with Gasteiger partial charge in [0, 0.05) is 19.1 Å². The number of amides is 2. The number of unbranched alkanes of at least 4 members (excludes halogenated alkanes) is 1. The van der Waals surface area contributed by atoms with Crippen LogP contribution < -0.4 is 5.32 Å². The van der Waals surface area contributed by atoms with Crippen LogP contribution in [0, 0.1) is 5.92 Å². The molecule has 2 unspecified atom stereocenters. The lowest BCUT2D eigenvalue weighted by Gasteiger charge is -2.23. The molecule has 1 rings (SSSR count). The molecule has 2 atom stereocenters. The van der Waals surface area contributed by atoms with Gasteiger partial charge in [0.25, 0.3) is 0 Å². The first-order chi connectivity index (χ1) is 8.57. The Hall–Kier alpha value is -0.910. The number of hydrogen-bond donors (Lipinski definition) is 2. The SMILES string of the molecule is CSCCCCNC(=O)N1CCC(C(=O)O)C1C. The van der Waals surface area contributed by atoms with Gasteiger partial charge in [-0.05, 0) is 38.2 Å². The highest BCUT2D eigenvalue weighted by molar-refractivity contribution is 7.98. The van der Waals surface area contributed by atoms with E-state index in [2.05, 4.69) is 11.6 Å². The summed E-state index contributed by atoms with van der Waals surface area (Å²) in [6.45, 7) is 3.01. The first-order valence-corrected chi connectivity index (χ1v) is 7.73. The van der Waals surface area contributed by atoms with Gasteiger partial charge in [-0.1, -0.05) is 0 Å². The maximum atomic E-state index is 11.9. The van der Waals surface area contributed by atoms with Crippen LogP contribution in [0.2, 0.25) is 0 Å². The van der Waals surface area contributed by atoms with E-state index in [1.165, 1.54) is 0 Å². The van der Waals surface area contributed by atoms with Crippen LogP contribution in [0.1, 0.15) is 26.2 Å². The minimum Gasteiger partial charge on any atom is -0.481 e. The third-order valence-corrected chi connectivity index (χ3v) is 4.08. The zero-order chi connectivity index (χ0) is 13.5. The topological polar surface area (TPSA) is 69.6 Å². The normalized spacial score (nSPS) is 23.1. The van der Waals surface area contributed by atoms with E-state index in [1.54, 1.807) is 23.6 Å². The van der Waals surface area contributed by atoms with E-state index >= 15 is 0 Å². The molecule has 0 spiro atoms. The number of carbonyl (C=O) groups excluding carboxylic acids is 1. The molecule has 0 saturated carbocycles. The number of thioether (sulfide) groups is 1. The molecule has 1 saturated heterocycles. The van der Waals surface area contributed by atoms with Gasteiger partial charge in [-0.25, -0.2) is 4.79 Å². The summed E-state index contributed by atoms with van der Waals surface area (Å²) in [7, 11) is 0. The summed E-state index contributed by atoms with van der Waals surface area (Å²) in [4.78, 5) is 24.5. The Bertz CT molecular complexity index is 299. The van der Waals surface area contributed by atoms with Crippen molar-refractivity contribution in [2.24, 2.45) is 5.92 Å². The molecule has 2 N–H and O–H groups in total. The molecular formula is C12H22N2O3S. The molecular weight excluding hydrogens is 252 g/mol. The van der Waals surface area contributed by atoms with Gasteiger partial charge in [0.1, 0.15) is 0 Å². The fourth-order valence-electron chi connectivity index (χ4n) is 2.22. The zero-order valence-electron chi connectivity index (χ0n) is 11.0. The number of nitrogens with one attached hydrogen (secondary N) is 1. The molecule has 2 amide bonds. The predicted octanol–water partition coefficient (Wildman–Crippen LogP) is 1.63. The Balaban J connectivity index is 2.28. The molecule has 0 bridgehead atoms. The van der Waals surface area contributed by atoms with Crippen LogP contribution in [0.4, 0.5) is 4.79 Å². The Kier molecular flexibility index (Phi) is 6.32. The number of likely N-dealkylation sites (tertiary alicyclic amines) is 1. The summed E-state index contributed by atoms with van der Waals surface area (Å²) in [5.41, 5.74) is 0. The largest absolute Gasteiger partial charge is 0.481 e. The number of aliphatic carboxylic acids is 1. The Morgan fingerprint density at radius 1 is 1.44 bits per heavy atom. The Morgan fingerprint density at radius 3 is 2.72 bits per heavy atom. The second kappa shape index (κ2) is 7.51. The standard InChI is InChI=1S/C12H22N2O3S/c1-9-10(11(15)16)5-7-14(9)12(17)13-6-3-4-8-18-2/h9-10H,3-8H2,1-2H3,(H,13,17)(H,15,16). The molecule has 1 fully saturated rings. The second-order valence-electron chi connectivity index (χ2n) is 4.60. The number of carbonyl (C=O) groups is 2. The summed E-state index contributed by atoms with van der Waals surface area (Å²) < 4.78 is 0. The maximum absolute atomic E-state index is 11.9. The van der Waals surface area contributed by atoms with Gasteiger partial charge in [0.2, 0.25) is 0 Å². The number of carboxylic acids is 1. The average molecular weight is 274 g/mol. The van der Waals surface area contributed by atoms with E-state index in [-0.39, 0.29) is 12.1 Å². The fraction of sp³-hybridized carbons (Fsp3) is 0.833. The van der Waals surface area contributed by atoms with Crippen molar-refractivity contribution in [3.8, 4) is 0 Å². The zero-order valence-corrected chi connectivity index (χ0v) is 11.8. The first-order valence-electron chi connectivity index (χ1n) is 6.34. The molecule has 6 heteroatoms. The Labute approximate surface area is 112 Å². The van der Waals surface area contributed by atoms with Crippen LogP contribution in [-0.2, 0) is 4.79 Å². The van der Waals surface area contributed by atoms with Crippen LogP contribution in [0.25, 0.3) is 0 Å². The van der Waals surface area contributed by atoms with Gasteiger partial charge >= 0.3 is 12.0 Å². The van der Waals surface area contributed by atoms with Crippen molar-refractivity contribution < 1.29 is 14.7 Å². The summed E-state index contributed by atoms with van der Waals surface area (Å²) in [6, 6.07) is -0.343. The molecule has 104 valence electrons. The molecule has 0 aromatic heterocycles. The van der Waals surface area contributed by atoms with E-state index in [4.69, 9.17) is 5.11 Å². The third kappa shape index (κ3) is 4.08. The number of carboxylic acid groups (broad SMARTS) is 1. The van der Waals surface area contributed by atoms with E-state index in [0.29, 0.717) is 19.5 Å². The van der Waals surface area contributed by atoms with Crippen molar-refractivity contribution in [1.82, 2.24) is 10.2 Å². The molecule has 0 aliphatic carbocycles. The highest BCUT2D eigenvalue weighted by Gasteiger charge is 2.37. The van der Waals surface area contributed by atoms with Crippen molar-refractivity contribution in [2.45, 2.75) is 32.2 Å². The van der Waals surface area contributed by atoms with Gasteiger partial charge in [-0.15, -0.1) is 0 Å². The predicted molar refractivity (Wildman–Crippen MR) is 72.9 cm³/mol. The van der Waals surface area contributed by atoms with Gasteiger partial charge in [0.15, 0.2) is 0 Å². The lowest BCUT2D eigenvalue weighted by Crippen LogP contribution is -2.44. The van der Waals surface area contributed by atoms with Crippen LogP contribution in [0.15, 0.2) is 0 Å². The quantitative estimate of drug-likeness (QED) is 0.722. The maximum Gasteiger partial charge on any atom is 0.317 e. The van der Waals surface area contributed by atoms with Crippen molar-refractivity contribution >= 4 is 23.8 Å². The highest BCUT2D eigenvalue weighted by Crippen LogP contribution is 2.24. The van der Waals surface area contributed by atoms with Gasteiger partial charge < -0.3 is 15.3 Å². The van der Waals surface area contributed by atoms with E-state index in [9.17, 15) is 9.59 Å². The van der Waals surface area contributed by atoms with Gasteiger partial charge in [-0.3, -0.25) is 4.79 Å². The lowest BCUT2D eigenvalue weighted by atomic mass is 10.0. The van der Waals surface area contributed by atoms with Crippen LogP contribution in [0.5, 0.6) is 0 Å². The van der Waals surface area contributed by atoms with E-state index < -0.39 is 11.9 Å². The summed E-state index contributed by atoms with van der Waals surface area (Å²) in [5, 5.41) is 11.9. The van der Waals surface area contributed by atoms with Crippen molar-refractivity contribution in [1.29, 1.82) is 0 Å². The van der Waals surface area contributed by atoms with Crippen LogP contribution in [-0.4, -0.2) is 53.1 Å². The van der Waals surface area contributed by atoms with Gasteiger partial charge in [-0.2, -0.15) is 11.8 Å². The molecule has 0 aromatic rings. The second-order valence-corrected chi connectivity index (χ2v) is 5.58. The highest BCUT2D eigenvalue weighted by atomic mass is 32.2. The molecule has 0 radical (unpaired) electrons. The van der Waals surface area contributed by atoms with Gasteiger partial charge in [0.05, 0.1) is 5.92 Å². The minimum atomic E-state index is -0.808. The third-order valence-electron chi connectivity index (χ3n) is 3.38. The van der Waals surface area contributed by atoms with Crippen LogP contribution >= 0.6 is 11.8 Å². The minimum absolute atomic E-state index is 0.129. The van der Waals surface area contributed by atoms with Crippen molar-refractivity contribution in [3.05, 3.63) is 0 Å². The monoisotopic (exact) mass is 274 g/mol. The van der Waals surface area contributed by atoms with Crippen LogP contribution in [0.3, 0.4) is 0 Å². The molecule has 5 nitrogen and oxygen atoms in total. The fourth-order valence-corrected chi connectivity index (χ4v) is 2.72. The number of hydrogen-bond acceptors (Lipinski definition) is 3. The number of urea groups is 1. The number of nitrogens with zero attached hydrogens (tertiary/aromatic N) is 1. The smallest absolute Gasteiger partial charge is 0.317 e. The molecule has 18 heavy (non-hydrogen) atoms. The number of rotatable bonds is 6. The average Bonchev–Trinajstić information content (AvgIpc) is 2.70. The molecule has 1 aliphatic rings. The molecule has 1 heterocycles. The summed E-state index contributed by atoms with van der Waals surface area (Å²) in [6.07, 6.45) is 4.68. The molecule has 1 aliphatic heterocycles. The molecule has 0 aromatic carbocycles. The Morgan fingerprint density at radius 2 is 2.17 bits per heavy atom. The lowest BCUT2D eigenvalue weighted by molar-refractivity contribution is -0.142. The van der Waals surface area contributed by atoms with E-state index in [1.807, 2.05) is 0 Å². The summed E-state index contributed by atoms with van der Waals surface area (Å²) in [5.74, 6) is -0.123. The van der Waals surface area contributed by atoms with Crippen molar-refractivity contribution in [3.63, 3.8) is 0 Å². The summed E-state index contributed by atoms with van der Waals surface area (Å²) >= 11 is 1.80. The first kappa shape index (κ1) is 15.1.